The molecule has 2 rings (SSSR count). The molecule has 0 aromatic carbocycles. The Labute approximate surface area is 118 Å². The number of thioether (sulfide) groups is 1. The molecule has 1 aliphatic carbocycles. The van der Waals surface area contributed by atoms with E-state index in [0.717, 1.165) is 43.6 Å². The number of hydrogen-bond donors (Lipinski definition) is 2. The third-order valence-corrected chi connectivity index (χ3v) is 5.51. The molecule has 5 heteroatoms. The van der Waals surface area contributed by atoms with Crippen molar-refractivity contribution in [3.8, 4) is 0 Å². The molecule has 0 aromatic heterocycles. The Hall–Kier alpha value is -0.710. The van der Waals surface area contributed by atoms with Crippen molar-refractivity contribution >= 4 is 23.6 Å². The molecular formula is C14H23NO3S. The molecule has 1 heterocycles. The maximum absolute atomic E-state index is 12.1. The molecule has 0 atom stereocenters. The minimum atomic E-state index is -0.744. The van der Waals surface area contributed by atoms with Gasteiger partial charge in [0.2, 0.25) is 5.91 Å². The number of carboxylic acids is 1. The van der Waals surface area contributed by atoms with Gasteiger partial charge >= 0.3 is 5.97 Å². The molecule has 2 aliphatic rings. The monoisotopic (exact) mass is 285 g/mol. The van der Waals surface area contributed by atoms with Crippen molar-refractivity contribution in [3.63, 3.8) is 0 Å². The first kappa shape index (κ1) is 14.7. The summed E-state index contributed by atoms with van der Waals surface area (Å²) in [5, 5.41) is 12.4. The summed E-state index contributed by atoms with van der Waals surface area (Å²) in [5.74, 6) is 1.50. The first-order valence-electron chi connectivity index (χ1n) is 7.23. The van der Waals surface area contributed by atoms with E-state index < -0.39 is 11.4 Å². The Morgan fingerprint density at radius 1 is 1.16 bits per heavy atom. The van der Waals surface area contributed by atoms with E-state index in [4.69, 9.17) is 0 Å². The highest BCUT2D eigenvalue weighted by atomic mass is 32.2. The number of hydrogen-bond acceptors (Lipinski definition) is 3. The van der Waals surface area contributed by atoms with Gasteiger partial charge in [0.25, 0.3) is 0 Å². The van der Waals surface area contributed by atoms with E-state index in [1.165, 1.54) is 0 Å². The van der Waals surface area contributed by atoms with Gasteiger partial charge < -0.3 is 10.4 Å². The Morgan fingerprint density at radius 3 is 2.37 bits per heavy atom. The first-order valence-corrected chi connectivity index (χ1v) is 8.38. The standard InChI is InChI=1S/C14H23NO3S/c16-12(11-4-8-19-9-5-11)15-10-14(13(17)18)6-2-1-3-7-14/h11H,1-10H2,(H,15,16)(H,17,18). The van der Waals surface area contributed by atoms with Crippen LogP contribution in [0.5, 0.6) is 0 Å². The molecule has 0 unspecified atom stereocenters. The summed E-state index contributed by atoms with van der Waals surface area (Å²) >= 11 is 1.89. The predicted molar refractivity (Wildman–Crippen MR) is 76.2 cm³/mol. The molecule has 1 amide bonds. The molecular weight excluding hydrogens is 262 g/mol. The highest BCUT2D eigenvalue weighted by Crippen LogP contribution is 2.36. The summed E-state index contributed by atoms with van der Waals surface area (Å²) in [6, 6.07) is 0. The molecule has 2 N–H and O–H groups in total. The number of amides is 1. The van der Waals surface area contributed by atoms with E-state index in [9.17, 15) is 14.7 Å². The lowest BCUT2D eigenvalue weighted by Crippen LogP contribution is -2.46. The Bertz CT molecular complexity index is 334. The van der Waals surface area contributed by atoms with Gasteiger partial charge in [-0.05, 0) is 37.2 Å². The van der Waals surface area contributed by atoms with Gasteiger partial charge in [-0.1, -0.05) is 19.3 Å². The fourth-order valence-electron chi connectivity index (χ4n) is 3.06. The summed E-state index contributed by atoms with van der Waals surface area (Å²) in [7, 11) is 0. The van der Waals surface area contributed by atoms with Crippen molar-refractivity contribution in [3.05, 3.63) is 0 Å². The van der Waals surface area contributed by atoms with Gasteiger partial charge in [-0.15, -0.1) is 0 Å². The van der Waals surface area contributed by atoms with Gasteiger partial charge in [0, 0.05) is 12.5 Å². The number of aliphatic carboxylic acids is 1. The van der Waals surface area contributed by atoms with E-state index in [1.807, 2.05) is 11.8 Å². The number of rotatable bonds is 4. The average molecular weight is 285 g/mol. The quantitative estimate of drug-likeness (QED) is 0.831. The van der Waals surface area contributed by atoms with Crippen molar-refractivity contribution in [1.82, 2.24) is 5.32 Å². The molecule has 1 saturated heterocycles. The highest BCUT2D eigenvalue weighted by molar-refractivity contribution is 7.99. The minimum absolute atomic E-state index is 0.0616. The summed E-state index contributed by atoms with van der Waals surface area (Å²) < 4.78 is 0. The molecule has 0 bridgehead atoms. The topological polar surface area (TPSA) is 66.4 Å². The molecule has 0 radical (unpaired) electrons. The fourth-order valence-corrected chi connectivity index (χ4v) is 4.16. The third kappa shape index (κ3) is 3.65. The minimum Gasteiger partial charge on any atom is -0.481 e. The van der Waals surface area contributed by atoms with Crippen LogP contribution < -0.4 is 5.32 Å². The van der Waals surface area contributed by atoms with E-state index in [1.54, 1.807) is 0 Å². The maximum Gasteiger partial charge on any atom is 0.311 e. The first-order chi connectivity index (χ1) is 9.14. The zero-order valence-electron chi connectivity index (χ0n) is 11.3. The van der Waals surface area contributed by atoms with Crippen LogP contribution in [0.2, 0.25) is 0 Å². The zero-order chi connectivity index (χ0) is 13.7. The molecule has 0 aromatic rings. The lowest BCUT2D eigenvalue weighted by molar-refractivity contribution is -0.151. The maximum atomic E-state index is 12.1. The summed E-state index contributed by atoms with van der Waals surface area (Å²) in [5.41, 5.74) is -0.711. The van der Waals surface area contributed by atoms with Crippen molar-refractivity contribution in [2.45, 2.75) is 44.9 Å². The van der Waals surface area contributed by atoms with Gasteiger partial charge in [-0.3, -0.25) is 9.59 Å². The zero-order valence-corrected chi connectivity index (χ0v) is 12.1. The molecule has 108 valence electrons. The second-order valence-corrected chi connectivity index (χ2v) is 6.98. The molecule has 1 saturated carbocycles. The predicted octanol–water partition coefficient (Wildman–Crippen LogP) is 2.28. The Morgan fingerprint density at radius 2 is 1.79 bits per heavy atom. The highest BCUT2D eigenvalue weighted by Gasteiger charge is 2.40. The van der Waals surface area contributed by atoms with Crippen molar-refractivity contribution in [2.24, 2.45) is 11.3 Å². The molecule has 19 heavy (non-hydrogen) atoms. The second kappa shape index (κ2) is 6.64. The largest absolute Gasteiger partial charge is 0.481 e. The van der Waals surface area contributed by atoms with Crippen molar-refractivity contribution in [2.75, 3.05) is 18.1 Å². The lowest BCUT2D eigenvalue weighted by Gasteiger charge is -2.34. The molecule has 1 aliphatic heterocycles. The number of carboxylic acid groups (broad SMARTS) is 1. The van der Waals surface area contributed by atoms with Gasteiger partial charge in [0.1, 0.15) is 0 Å². The smallest absolute Gasteiger partial charge is 0.311 e. The third-order valence-electron chi connectivity index (χ3n) is 4.46. The van der Waals surface area contributed by atoms with Gasteiger partial charge in [-0.2, -0.15) is 11.8 Å². The lowest BCUT2D eigenvalue weighted by atomic mass is 9.74. The van der Waals surface area contributed by atoms with Gasteiger partial charge in [0.05, 0.1) is 5.41 Å². The van der Waals surface area contributed by atoms with Gasteiger partial charge in [0.15, 0.2) is 0 Å². The van der Waals surface area contributed by atoms with E-state index >= 15 is 0 Å². The average Bonchev–Trinajstić information content (AvgIpc) is 2.46. The van der Waals surface area contributed by atoms with Crippen LogP contribution in [0.15, 0.2) is 0 Å². The molecule has 2 fully saturated rings. The van der Waals surface area contributed by atoms with E-state index in [0.29, 0.717) is 19.4 Å². The van der Waals surface area contributed by atoms with Gasteiger partial charge in [-0.25, -0.2) is 0 Å². The van der Waals surface area contributed by atoms with Crippen LogP contribution in [0.1, 0.15) is 44.9 Å². The van der Waals surface area contributed by atoms with E-state index in [2.05, 4.69) is 5.32 Å². The summed E-state index contributed by atoms with van der Waals surface area (Å²) in [6.45, 7) is 0.310. The van der Waals surface area contributed by atoms with Crippen molar-refractivity contribution < 1.29 is 14.7 Å². The van der Waals surface area contributed by atoms with Crippen LogP contribution in [0.4, 0.5) is 0 Å². The fraction of sp³-hybridized carbons (Fsp3) is 0.857. The van der Waals surface area contributed by atoms with Crippen LogP contribution in [-0.2, 0) is 9.59 Å². The normalized spacial score (nSPS) is 23.8. The number of nitrogens with one attached hydrogen (secondary N) is 1. The number of carbonyl (C=O) groups excluding carboxylic acids is 1. The van der Waals surface area contributed by atoms with Crippen LogP contribution in [0.3, 0.4) is 0 Å². The van der Waals surface area contributed by atoms with E-state index in [-0.39, 0.29) is 11.8 Å². The Kier molecular flexibility index (Phi) is 5.13. The molecule has 0 spiro atoms. The molecule has 4 nitrogen and oxygen atoms in total. The SMILES string of the molecule is O=C(NCC1(C(=O)O)CCCCC1)C1CCSCC1. The number of carbonyl (C=O) groups is 2. The van der Waals surface area contributed by atoms with Crippen LogP contribution >= 0.6 is 11.8 Å². The van der Waals surface area contributed by atoms with Crippen LogP contribution in [0.25, 0.3) is 0 Å². The van der Waals surface area contributed by atoms with Crippen LogP contribution in [0, 0.1) is 11.3 Å². The van der Waals surface area contributed by atoms with Crippen LogP contribution in [-0.4, -0.2) is 35.0 Å². The second-order valence-electron chi connectivity index (χ2n) is 5.75. The van der Waals surface area contributed by atoms with Crippen molar-refractivity contribution in [1.29, 1.82) is 0 Å². The Balaban J connectivity index is 1.87. The summed E-state index contributed by atoms with van der Waals surface area (Å²) in [6.07, 6.45) is 6.28. The summed E-state index contributed by atoms with van der Waals surface area (Å²) in [4.78, 5) is 23.6.